The number of carbonyl (C=O) groups excluding carboxylic acids is 1. The van der Waals surface area contributed by atoms with E-state index in [-0.39, 0.29) is 5.91 Å². The van der Waals surface area contributed by atoms with Gasteiger partial charge in [0.1, 0.15) is 0 Å². The maximum Gasteiger partial charge on any atom is 0.341 e. The Balaban J connectivity index is 2.04. The zero-order chi connectivity index (χ0) is 17.0. The van der Waals surface area contributed by atoms with Gasteiger partial charge in [0.05, 0.1) is 4.90 Å². The minimum absolute atomic E-state index is 0.200. The monoisotopic (exact) mass is 346 g/mol. The SMILES string of the molecule is CNCC1CCN(C(=O)c2ccc(S(=O)(=O)C(F)F)cc2)CC1. The number of nitrogens with zero attached hydrogens (tertiary/aromatic N) is 1. The minimum Gasteiger partial charge on any atom is -0.339 e. The van der Waals surface area contributed by atoms with Gasteiger partial charge in [0, 0.05) is 18.7 Å². The predicted molar refractivity (Wildman–Crippen MR) is 82.2 cm³/mol. The highest BCUT2D eigenvalue weighted by Gasteiger charge is 2.27. The first-order chi connectivity index (χ1) is 10.9. The number of sulfone groups is 1. The molecule has 0 atom stereocenters. The minimum atomic E-state index is -4.62. The number of nitrogens with one attached hydrogen (secondary N) is 1. The molecule has 1 heterocycles. The average Bonchev–Trinajstić information content (AvgIpc) is 2.55. The van der Waals surface area contributed by atoms with Crippen LogP contribution in [0.3, 0.4) is 0 Å². The first kappa shape index (κ1) is 17.8. The quantitative estimate of drug-likeness (QED) is 0.882. The molecule has 8 heteroatoms. The van der Waals surface area contributed by atoms with Crippen LogP contribution in [-0.2, 0) is 9.84 Å². The van der Waals surface area contributed by atoms with Crippen molar-refractivity contribution in [3.8, 4) is 0 Å². The highest BCUT2D eigenvalue weighted by Crippen LogP contribution is 2.21. The van der Waals surface area contributed by atoms with Crippen LogP contribution in [0, 0.1) is 5.92 Å². The van der Waals surface area contributed by atoms with Crippen LogP contribution in [0.2, 0.25) is 0 Å². The molecule has 0 aliphatic carbocycles. The van der Waals surface area contributed by atoms with Crippen molar-refractivity contribution in [3.63, 3.8) is 0 Å². The van der Waals surface area contributed by atoms with Crippen molar-refractivity contribution in [2.45, 2.75) is 23.5 Å². The second-order valence-electron chi connectivity index (χ2n) is 5.62. The summed E-state index contributed by atoms with van der Waals surface area (Å²) in [5.74, 6) is -3.12. The molecule has 0 radical (unpaired) electrons. The summed E-state index contributed by atoms with van der Waals surface area (Å²) in [5, 5.41) is 3.12. The van der Waals surface area contributed by atoms with Gasteiger partial charge in [-0.2, -0.15) is 8.78 Å². The molecule has 5 nitrogen and oxygen atoms in total. The molecule has 1 aliphatic rings. The molecule has 1 amide bonds. The Hall–Kier alpha value is -1.54. The van der Waals surface area contributed by atoms with Gasteiger partial charge in [-0.15, -0.1) is 0 Å². The van der Waals surface area contributed by atoms with E-state index in [1.807, 2.05) is 7.05 Å². The maximum atomic E-state index is 12.5. The summed E-state index contributed by atoms with van der Waals surface area (Å²) in [7, 11) is -2.73. The first-order valence-electron chi connectivity index (χ1n) is 7.42. The predicted octanol–water partition coefficient (Wildman–Crippen LogP) is 1.75. The van der Waals surface area contributed by atoms with E-state index in [1.54, 1.807) is 4.90 Å². The van der Waals surface area contributed by atoms with Crippen molar-refractivity contribution in [2.75, 3.05) is 26.7 Å². The lowest BCUT2D eigenvalue weighted by Gasteiger charge is -2.32. The fraction of sp³-hybridized carbons (Fsp3) is 0.533. The summed E-state index contributed by atoms with van der Waals surface area (Å²) in [5.41, 5.74) is 0.310. The fourth-order valence-electron chi connectivity index (χ4n) is 2.70. The van der Waals surface area contributed by atoms with E-state index in [9.17, 15) is 22.0 Å². The summed E-state index contributed by atoms with van der Waals surface area (Å²) in [6, 6.07) is 4.69. The molecule has 2 rings (SSSR count). The molecule has 1 N–H and O–H groups in total. The van der Waals surface area contributed by atoms with Crippen LogP contribution in [0.1, 0.15) is 23.2 Å². The number of alkyl halides is 2. The van der Waals surface area contributed by atoms with Crippen molar-refractivity contribution in [1.29, 1.82) is 0 Å². The van der Waals surface area contributed by atoms with Crippen LogP contribution in [0.5, 0.6) is 0 Å². The zero-order valence-electron chi connectivity index (χ0n) is 12.8. The van der Waals surface area contributed by atoms with E-state index in [0.717, 1.165) is 31.5 Å². The third-order valence-electron chi connectivity index (χ3n) is 4.06. The number of amides is 1. The van der Waals surface area contributed by atoms with Crippen molar-refractivity contribution >= 4 is 15.7 Å². The van der Waals surface area contributed by atoms with Crippen LogP contribution in [0.4, 0.5) is 8.78 Å². The van der Waals surface area contributed by atoms with Gasteiger partial charge in [-0.3, -0.25) is 4.79 Å². The molecule has 1 fully saturated rings. The zero-order valence-corrected chi connectivity index (χ0v) is 13.7. The lowest BCUT2D eigenvalue weighted by atomic mass is 9.96. The molecule has 23 heavy (non-hydrogen) atoms. The molecule has 0 saturated carbocycles. The van der Waals surface area contributed by atoms with Crippen LogP contribution in [-0.4, -0.2) is 51.7 Å². The topological polar surface area (TPSA) is 66.5 Å². The van der Waals surface area contributed by atoms with Gasteiger partial charge in [-0.05, 0) is 56.6 Å². The summed E-state index contributed by atoms with van der Waals surface area (Å²) < 4.78 is 47.7. The van der Waals surface area contributed by atoms with Crippen LogP contribution < -0.4 is 5.32 Å². The third kappa shape index (κ3) is 4.06. The molecule has 0 bridgehead atoms. The lowest BCUT2D eigenvalue weighted by molar-refractivity contribution is 0.0691. The van der Waals surface area contributed by atoms with E-state index in [2.05, 4.69) is 5.32 Å². The molecule has 0 aromatic heterocycles. The van der Waals surface area contributed by atoms with Gasteiger partial charge >= 0.3 is 5.76 Å². The van der Waals surface area contributed by atoms with Gasteiger partial charge in [0.25, 0.3) is 5.91 Å². The van der Waals surface area contributed by atoms with Gasteiger partial charge in [-0.25, -0.2) is 8.42 Å². The van der Waals surface area contributed by atoms with Gasteiger partial charge in [0.15, 0.2) is 0 Å². The van der Waals surface area contributed by atoms with Gasteiger partial charge in [0.2, 0.25) is 9.84 Å². The number of likely N-dealkylation sites (tertiary alicyclic amines) is 1. The lowest BCUT2D eigenvalue weighted by Crippen LogP contribution is -2.40. The van der Waals surface area contributed by atoms with Gasteiger partial charge in [-0.1, -0.05) is 0 Å². The Morgan fingerprint density at radius 3 is 2.30 bits per heavy atom. The summed E-state index contributed by atoms with van der Waals surface area (Å²) in [6.45, 7) is 2.20. The molecule has 128 valence electrons. The largest absolute Gasteiger partial charge is 0.341 e. The van der Waals surface area contributed by atoms with Crippen LogP contribution in [0.15, 0.2) is 29.2 Å². The molecular weight excluding hydrogens is 326 g/mol. The standard InChI is InChI=1S/C15H20F2N2O3S/c1-18-10-11-6-8-19(9-7-11)14(20)12-2-4-13(5-3-12)23(21,22)15(16)17/h2-5,11,15,18H,6-10H2,1H3. The Morgan fingerprint density at radius 1 is 1.26 bits per heavy atom. The number of rotatable bonds is 5. The average molecular weight is 346 g/mol. The summed E-state index contributed by atoms with van der Waals surface area (Å²) in [6.07, 6.45) is 1.81. The molecule has 0 unspecified atom stereocenters. The Labute approximate surface area is 134 Å². The Kier molecular flexibility index (Phi) is 5.69. The van der Waals surface area contributed by atoms with Crippen molar-refractivity contribution < 1.29 is 22.0 Å². The van der Waals surface area contributed by atoms with Gasteiger partial charge < -0.3 is 10.2 Å². The summed E-state index contributed by atoms with van der Waals surface area (Å²) in [4.78, 5) is 13.6. The second-order valence-corrected chi connectivity index (χ2v) is 7.54. The van der Waals surface area contributed by atoms with Crippen molar-refractivity contribution in [2.24, 2.45) is 5.92 Å². The Morgan fingerprint density at radius 2 is 1.83 bits per heavy atom. The van der Waals surface area contributed by atoms with E-state index in [0.29, 0.717) is 24.6 Å². The molecule has 1 aromatic rings. The number of benzene rings is 1. The second kappa shape index (κ2) is 7.35. The normalized spacial score (nSPS) is 16.8. The van der Waals surface area contributed by atoms with E-state index >= 15 is 0 Å². The molecule has 1 saturated heterocycles. The number of piperidine rings is 1. The fourth-order valence-corrected chi connectivity index (χ4v) is 3.42. The number of hydrogen-bond acceptors (Lipinski definition) is 4. The molecular formula is C15H20F2N2O3S. The van der Waals surface area contributed by atoms with Crippen molar-refractivity contribution in [1.82, 2.24) is 10.2 Å². The maximum absolute atomic E-state index is 12.5. The highest BCUT2D eigenvalue weighted by atomic mass is 32.2. The van der Waals surface area contributed by atoms with E-state index < -0.39 is 20.5 Å². The van der Waals surface area contributed by atoms with Crippen LogP contribution in [0.25, 0.3) is 0 Å². The molecule has 1 aromatic carbocycles. The Bertz CT molecular complexity index is 639. The first-order valence-corrected chi connectivity index (χ1v) is 8.97. The third-order valence-corrected chi connectivity index (χ3v) is 5.46. The van der Waals surface area contributed by atoms with Crippen molar-refractivity contribution in [3.05, 3.63) is 29.8 Å². The van der Waals surface area contributed by atoms with Crippen LogP contribution >= 0.6 is 0 Å². The van der Waals surface area contributed by atoms with E-state index in [4.69, 9.17) is 0 Å². The smallest absolute Gasteiger partial charge is 0.339 e. The summed E-state index contributed by atoms with van der Waals surface area (Å²) >= 11 is 0. The number of carbonyl (C=O) groups is 1. The number of hydrogen-bond donors (Lipinski definition) is 1. The molecule has 0 spiro atoms. The number of halogens is 2. The highest BCUT2D eigenvalue weighted by molar-refractivity contribution is 7.91. The van der Waals surface area contributed by atoms with E-state index in [1.165, 1.54) is 12.1 Å². The molecule has 1 aliphatic heterocycles.